The monoisotopic (exact) mass is 1070 g/mol. The van der Waals surface area contributed by atoms with Crippen molar-refractivity contribution in [1.29, 1.82) is 10.5 Å². The van der Waals surface area contributed by atoms with E-state index in [0.29, 0.717) is 79.0 Å². The Morgan fingerprint density at radius 2 is 0.961 bits per heavy atom. The lowest BCUT2D eigenvalue weighted by atomic mass is 9.92. The fourth-order valence-electron chi connectivity index (χ4n) is 9.16. The van der Waals surface area contributed by atoms with Crippen molar-refractivity contribution in [2.45, 2.75) is 90.7 Å². The molecule has 6 rings (SSSR count). The van der Waals surface area contributed by atoms with Gasteiger partial charge >= 0.3 is 36.4 Å². The number of ether oxygens (including phenoxy) is 2. The van der Waals surface area contributed by atoms with E-state index in [1.54, 1.807) is 62.4 Å². The molecule has 14 nitrogen and oxygen atoms in total. The first-order valence-electron chi connectivity index (χ1n) is 24.6. The van der Waals surface area contributed by atoms with Crippen LogP contribution < -0.4 is 20.4 Å². The molecule has 2 atom stereocenters. The van der Waals surface area contributed by atoms with Crippen LogP contribution in [-0.4, -0.2) is 78.3 Å². The van der Waals surface area contributed by atoms with E-state index in [1.165, 1.54) is 47.9 Å². The number of halogens is 6. The molecule has 0 aromatic heterocycles. The fraction of sp³-hybridized carbons (Fsp3) is 0.364. The van der Waals surface area contributed by atoms with Gasteiger partial charge in [0.05, 0.1) is 82.2 Å². The number of thiocarbonyl (C=S) groups is 1. The summed E-state index contributed by atoms with van der Waals surface area (Å²) in [5, 5.41) is 25.6. The number of nitriles is 2. The number of rotatable bonds is 20. The number of hydrogen-bond acceptors (Lipinski definition) is 9. The van der Waals surface area contributed by atoms with E-state index in [4.69, 9.17) is 21.7 Å². The Kier molecular flexibility index (Phi) is 19.3. The summed E-state index contributed by atoms with van der Waals surface area (Å²) in [4.78, 5) is 61.4. The van der Waals surface area contributed by atoms with Crippen LogP contribution in [0, 0.1) is 22.7 Å². The van der Waals surface area contributed by atoms with Crippen molar-refractivity contribution in [3.63, 3.8) is 0 Å². The van der Waals surface area contributed by atoms with Gasteiger partial charge in [-0.2, -0.15) is 36.9 Å². The quantitative estimate of drug-likeness (QED) is 0.0373. The normalized spacial score (nSPS) is 16.1. The molecule has 4 aromatic carbocycles. The fourth-order valence-corrected chi connectivity index (χ4v) is 9.36. The Labute approximate surface area is 442 Å². The molecule has 0 fully saturated rings. The summed E-state index contributed by atoms with van der Waals surface area (Å²) in [6.07, 6.45) is -6.24. The maximum atomic E-state index is 14.5. The predicted molar refractivity (Wildman–Crippen MR) is 275 cm³/mol. The maximum Gasteiger partial charge on any atom is 0.416 e. The molecule has 0 aliphatic carbocycles. The molecule has 0 unspecified atom stereocenters. The van der Waals surface area contributed by atoms with Gasteiger partial charge in [0.15, 0.2) is 5.11 Å². The van der Waals surface area contributed by atoms with E-state index < -0.39 is 59.6 Å². The molecule has 2 heterocycles. The Morgan fingerprint density at radius 3 is 1.29 bits per heavy atom. The summed E-state index contributed by atoms with van der Waals surface area (Å²) in [6, 6.07) is 22.1. The van der Waals surface area contributed by atoms with Crippen molar-refractivity contribution in [3.8, 4) is 12.1 Å². The van der Waals surface area contributed by atoms with Gasteiger partial charge in [0.1, 0.15) is 0 Å². The first-order chi connectivity index (χ1) is 36.2. The second-order valence-corrected chi connectivity index (χ2v) is 18.1. The number of hydrogen-bond donors (Lipinski definition) is 2. The van der Waals surface area contributed by atoms with Gasteiger partial charge in [-0.05, 0) is 150 Å². The lowest BCUT2D eigenvalue weighted by Crippen LogP contribution is -2.51. The number of unbranched alkanes of at least 4 members (excludes halogenated alkanes) is 4. The van der Waals surface area contributed by atoms with Gasteiger partial charge in [0.2, 0.25) is 0 Å². The number of carbonyl (C=O) groups excluding carboxylic acids is 4. The number of esters is 2. The summed E-state index contributed by atoms with van der Waals surface area (Å²) >= 11 is 5.53. The highest BCUT2D eigenvalue weighted by Crippen LogP contribution is 2.44. The third-order valence-corrected chi connectivity index (χ3v) is 13.1. The van der Waals surface area contributed by atoms with E-state index in [1.807, 2.05) is 12.1 Å². The Hall–Kier alpha value is -7.91. The van der Waals surface area contributed by atoms with Crippen LogP contribution in [0.2, 0.25) is 0 Å². The topological polar surface area (TPSA) is 171 Å². The van der Waals surface area contributed by atoms with Gasteiger partial charge in [-0.25, -0.2) is 19.2 Å². The van der Waals surface area contributed by atoms with Crippen molar-refractivity contribution in [2.75, 3.05) is 49.2 Å². The summed E-state index contributed by atoms with van der Waals surface area (Å²) < 4.78 is 94.1. The second kappa shape index (κ2) is 25.6. The number of nitrogens with one attached hydrogen (secondary N) is 2. The minimum absolute atomic E-state index is 0.00498. The molecule has 0 spiro atoms. The van der Waals surface area contributed by atoms with Crippen LogP contribution in [-0.2, 0) is 31.4 Å². The van der Waals surface area contributed by atoms with Gasteiger partial charge in [-0.1, -0.05) is 36.4 Å². The predicted octanol–water partition coefficient (Wildman–Crippen LogP) is 11.6. The number of alkyl halides is 6. The van der Waals surface area contributed by atoms with Crippen LogP contribution in [0.4, 0.5) is 47.3 Å². The number of carbonyl (C=O) groups is 4. The highest BCUT2D eigenvalue weighted by Gasteiger charge is 2.45. The second-order valence-electron chi connectivity index (χ2n) is 17.7. The molecule has 0 saturated carbocycles. The minimum Gasteiger partial charge on any atom is -0.463 e. The van der Waals surface area contributed by atoms with Crippen LogP contribution in [0.1, 0.15) is 112 Å². The molecule has 4 amide bonds. The first-order valence-corrected chi connectivity index (χ1v) is 25.0. The van der Waals surface area contributed by atoms with E-state index >= 15 is 0 Å². The van der Waals surface area contributed by atoms with Gasteiger partial charge in [0.25, 0.3) is 0 Å². The zero-order chi connectivity index (χ0) is 55.3. The third kappa shape index (κ3) is 13.5. The molecule has 76 heavy (non-hydrogen) atoms. The van der Waals surface area contributed by atoms with E-state index in [-0.39, 0.29) is 60.2 Å². The lowest BCUT2D eigenvalue weighted by Gasteiger charge is -2.43. The Balaban J connectivity index is 1.07. The van der Waals surface area contributed by atoms with Crippen molar-refractivity contribution >= 4 is 52.7 Å². The van der Waals surface area contributed by atoms with Crippen molar-refractivity contribution < 1.29 is 55.0 Å². The summed E-state index contributed by atoms with van der Waals surface area (Å²) in [5.74, 6) is -1.50. The van der Waals surface area contributed by atoms with Crippen molar-refractivity contribution in [2.24, 2.45) is 0 Å². The highest BCUT2D eigenvalue weighted by atomic mass is 32.1. The zero-order valence-corrected chi connectivity index (χ0v) is 43.0. The third-order valence-electron chi connectivity index (χ3n) is 12.8. The van der Waals surface area contributed by atoms with Gasteiger partial charge in [-0.3, -0.25) is 9.80 Å². The smallest absolute Gasteiger partial charge is 0.416 e. The van der Waals surface area contributed by atoms with Crippen LogP contribution in [0.25, 0.3) is 0 Å². The van der Waals surface area contributed by atoms with Gasteiger partial charge < -0.3 is 29.9 Å². The maximum absolute atomic E-state index is 14.5. The summed E-state index contributed by atoms with van der Waals surface area (Å²) in [6.45, 7) is 7.26. The average Bonchev–Trinajstić information content (AvgIpc) is 3.43. The molecule has 2 aliphatic rings. The summed E-state index contributed by atoms with van der Waals surface area (Å²) in [5.41, 5.74) is -0.105. The number of nitrogens with zero attached hydrogens (tertiary/aromatic N) is 6. The molecule has 400 valence electrons. The van der Waals surface area contributed by atoms with E-state index in [0.717, 1.165) is 34.1 Å². The number of anilines is 2. The standard InChI is InChI=1S/C55H56F6N8O6S/c1-5-74-49(70)45-35(3)68(43-17-13-15-41(31-43)54(56,57)58)52(72)66(47(45)39-23-19-37(33-62)20-24-39)29-11-7-9-27-64-51(76)65-28-10-8-12-30-67-48(40-25-21-38(34-63)22-26-40)46(50(71)75-6-2)36(4)69(53(67)73)44-18-14-16-42(32-44)55(59,60)61/h13-26,31-32,47-48H,5-12,27-30H2,1-4H3,(H2,64,65,76)/t47-,48-/m1/s1. The molecule has 2 aliphatic heterocycles. The van der Waals surface area contributed by atoms with Crippen LogP contribution in [0.15, 0.2) is 120 Å². The summed E-state index contributed by atoms with van der Waals surface area (Å²) in [7, 11) is 0. The largest absolute Gasteiger partial charge is 0.463 e. The first kappa shape index (κ1) is 57.4. The zero-order valence-electron chi connectivity index (χ0n) is 42.2. The average molecular weight is 1070 g/mol. The van der Waals surface area contributed by atoms with Gasteiger partial charge in [-0.15, -0.1) is 0 Å². The van der Waals surface area contributed by atoms with E-state index in [9.17, 15) is 56.0 Å². The SMILES string of the molecule is CCOC(=O)C1=C(C)N(c2cccc(C(F)(F)F)c2)C(=O)N(CCCCCNC(=S)NCCCCCN2C(=O)N(c3cccc(C(F)(F)F)c3)C(C)=C(C(=O)OCC)[C@H]2c2ccc(C#N)cc2)[C@@H]1c1ccc(C#N)cc1. The van der Waals surface area contributed by atoms with Gasteiger partial charge in [0, 0.05) is 37.6 Å². The van der Waals surface area contributed by atoms with Crippen molar-refractivity contribution in [1.82, 2.24) is 20.4 Å². The molecule has 0 radical (unpaired) electrons. The van der Waals surface area contributed by atoms with Crippen LogP contribution in [0.5, 0.6) is 0 Å². The molecule has 21 heteroatoms. The number of urea groups is 2. The number of amides is 4. The Bertz CT molecular complexity index is 2740. The minimum atomic E-state index is -4.70. The molecule has 0 bridgehead atoms. The molecule has 2 N–H and O–H groups in total. The number of allylic oxidation sites excluding steroid dienone is 2. The Morgan fingerprint density at radius 1 is 0.592 bits per heavy atom. The van der Waals surface area contributed by atoms with Crippen molar-refractivity contribution in [3.05, 3.63) is 153 Å². The highest BCUT2D eigenvalue weighted by molar-refractivity contribution is 7.80. The molecule has 0 saturated heterocycles. The van der Waals surface area contributed by atoms with E-state index in [2.05, 4.69) is 10.6 Å². The molecule has 4 aromatic rings. The molecular weight excluding hydrogens is 1010 g/mol. The van der Waals surface area contributed by atoms with Crippen LogP contribution >= 0.6 is 12.2 Å². The lowest BCUT2D eigenvalue weighted by molar-refractivity contribution is -0.140. The molecular formula is C55H56F6N8O6S. The number of benzene rings is 4. The van der Waals surface area contributed by atoms with Crippen LogP contribution in [0.3, 0.4) is 0 Å².